The summed E-state index contributed by atoms with van der Waals surface area (Å²) in [7, 11) is 0. The van der Waals surface area contributed by atoms with E-state index in [1.54, 1.807) is 12.2 Å². The second-order valence-corrected chi connectivity index (χ2v) is 4.99. The van der Waals surface area contributed by atoms with Crippen molar-refractivity contribution < 1.29 is 19.8 Å². The topological polar surface area (TPSA) is 74.6 Å². The highest BCUT2D eigenvalue weighted by molar-refractivity contribution is 5.99. The van der Waals surface area contributed by atoms with E-state index in [-0.39, 0.29) is 6.42 Å². The summed E-state index contributed by atoms with van der Waals surface area (Å²) in [5.41, 5.74) is -2.51. The minimum atomic E-state index is -1.71. The molecule has 0 aromatic carbocycles. The van der Waals surface area contributed by atoms with E-state index >= 15 is 0 Å². The number of aliphatic carboxylic acids is 2. The predicted molar refractivity (Wildman–Crippen MR) is 68.2 cm³/mol. The molecular weight excluding hydrogens is 232 g/mol. The van der Waals surface area contributed by atoms with Gasteiger partial charge in [-0.3, -0.25) is 9.59 Å². The van der Waals surface area contributed by atoms with Gasteiger partial charge >= 0.3 is 11.9 Å². The summed E-state index contributed by atoms with van der Waals surface area (Å²) in [5.74, 6) is -2.48. The largest absolute Gasteiger partial charge is 0.480 e. The van der Waals surface area contributed by atoms with E-state index in [0.29, 0.717) is 25.7 Å². The van der Waals surface area contributed by atoms with Crippen molar-refractivity contribution in [2.24, 2.45) is 10.8 Å². The molecule has 0 aromatic rings. The van der Waals surface area contributed by atoms with Gasteiger partial charge in [0.1, 0.15) is 0 Å². The number of hydrogen-bond acceptors (Lipinski definition) is 2. The first-order chi connectivity index (χ1) is 8.47. The Balaban J connectivity index is 3.38. The highest BCUT2D eigenvalue weighted by Crippen LogP contribution is 2.55. The minimum absolute atomic E-state index is 0.180. The molecule has 2 N–H and O–H groups in total. The molecule has 0 unspecified atom stereocenters. The fourth-order valence-electron chi connectivity index (χ4n) is 3.28. The van der Waals surface area contributed by atoms with Crippen molar-refractivity contribution in [1.29, 1.82) is 0 Å². The molecule has 0 heterocycles. The third kappa shape index (κ3) is 1.96. The maximum Gasteiger partial charge on any atom is 0.321 e. The number of carbonyl (C=O) groups is 2. The summed E-state index contributed by atoms with van der Waals surface area (Å²) in [6.07, 6.45) is 6.27. The van der Waals surface area contributed by atoms with Crippen LogP contribution in [-0.2, 0) is 9.59 Å². The average Bonchev–Trinajstić information content (AvgIpc) is 2.29. The Morgan fingerprint density at radius 3 is 1.83 bits per heavy atom. The number of carboxylic acid groups (broad SMARTS) is 2. The molecule has 0 amide bonds. The molecule has 0 saturated heterocycles. The molecule has 4 nitrogen and oxygen atoms in total. The lowest BCUT2D eigenvalue weighted by Gasteiger charge is -2.48. The Hall–Kier alpha value is -1.58. The molecule has 0 bridgehead atoms. The van der Waals surface area contributed by atoms with Crippen LogP contribution in [-0.4, -0.2) is 22.2 Å². The molecular formula is C14H20O4. The second-order valence-electron chi connectivity index (χ2n) is 4.99. The standard InChI is InChI=1S/C14H20O4/c1-3-7-13(8-4-2)9-5-6-10-14(13,11(15)16)12(17)18/h3-4H,1-2,5-10H2,(H,15,16)(H,17,18). The van der Waals surface area contributed by atoms with E-state index in [1.807, 2.05) is 0 Å². The predicted octanol–water partition coefficient (Wildman–Crippen LogP) is 2.85. The van der Waals surface area contributed by atoms with Crippen molar-refractivity contribution in [3.8, 4) is 0 Å². The molecule has 1 rings (SSSR count). The van der Waals surface area contributed by atoms with Crippen molar-refractivity contribution in [3.05, 3.63) is 25.3 Å². The molecule has 18 heavy (non-hydrogen) atoms. The molecule has 1 aliphatic rings. The average molecular weight is 252 g/mol. The minimum Gasteiger partial charge on any atom is -0.480 e. The molecule has 0 radical (unpaired) electrons. The summed E-state index contributed by atoms with van der Waals surface area (Å²) < 4.78 is 0. The van der Waals surface area contributed by atoms with Gasteiger partial charge in [0.15, 0.2) is 5.41 Å². The SMILES string of the molecule is C=CCC1(CC=C)CCCCC1(C(=O)O)C(=O)O. The van der Waals surface area contributed by atoms with Crippen molar-refractivity contribution in [2.75, 3.05) is 0 Å². The van der Waals surface area contributed by atoms with Gasteiger partial charge in [-0.05, 0) is 25.7 Å². The zero-order chi connectivity index (χ0) is 13.8. The normalized spacial score (nSPS) is 20.9. The summed E-state index contributed by atoms with van der Waals surface area (Å²) >= 11 is 0. The van der Waals surface area contributed by atoms with Gasteiger partial charge in [0.2, 0.25) is 0 Å². The molecule has 0 spiro atoms. The Morgan fingerprint density at radius 2 is 1.44 bits per heavy atom. The first-order valence-electron chi connectivity index (χ1n) is 6.15. The third-order valence-corrected chi connectivity index (χ3v) is 4.16. The summed E-state index contributed by atoms with van der Waals surface area (Å²) in [5, 5.41) is 19.0. The fourth-order valence-corrected chi connectivity index (χ4v) is 3.28. The second kappa shape index (κ2) is 5.38. The Kier molecular flexibility index (Phi) is 4.33. The van der Waals surface area contributed by atoms with Crippen LogP contribution in [0.3, 0.4) is 0 Å². The van der Waals surface area contributed by atoms with Crippen LogP contribution in [0.15, 0.2) is 25.3 Å². The van der Waals surface area contributed by atoms with Crippen molar-refractivity contribution >= 4 is 11.9 Å². The van der Waals surface area contributed by atoms with Crippen LogP contribution in [0.4, 0.5) is 0 Å². The van der Waals surface area contributed by atoms with Crippen LogP contribution < -0.4 is 0 Å². The lowest BCUT2D eigenvalue weighted by molar-refractivity contribution is -0.181. The van der Waals surface area contributed by atoms with Crippen LogP contribution in [0.2, 0.25) is 0 Å². The van der Waals surface area contributed by atoms with E-state index in [2.05, 4.69) is 13.2 Å². The van der Waals surface area contributed by atoms with E-state index < -0.39 is 22.8 Å². The van der Waals surface area contributed by atoms with Gasteiger partial charge in [0.25, 0.3) is 0 Å². The fraction of sp³-hybridized carbons (Fsp3) is 0.571. The number of carboxylic acids is 2. The summed E-state index contributed by atoms with van der Waals surface area (Å²) in [6.45, 7) is 7.29. The maximum atomic E-state index is 11.6. The van der Waals surface area contributed by atoms with Gasteiger partial charge in [-0.25, -0.2) is 0 Å². The van der Waals surface area contributed by atoms with Crippen LogP contribution in [0, 0.1) is 10.8 Å². The zero-order valence-electron chi connectivity index (χ0n) is 10.5. The molecule has 0 aliphatic heterocycles. The lowest BCUT2D eigenvalue weighted by atomic mass is 9.53. The van der Waals surface area contributed by atoms with Crippen molar-refractivity contribution in [3.63, 3.8) is 0 Å². The van der Waals surface area contributed by atoms with E-state index in [1.165, 1.54) is 0 Å². The van der Waals surface area contributed by atoms with Crippen molar-refractivity contribution in [1.82, 2.24) is 0 Å². The zero-order valence-corrected chi connectivity index (χ0v) is 10.5. The summed E-state index contributed by atoms with van der Waals surface area (Å²) in [6, 6.07) is 0. The Labute approximate surface area is 107 Å². The molecule has 4 heteroatoms. The summed E-state index contributed by atoms with van der Waals surface area (Å²) in [4.78, 5) is 23.3. The number of hydrogen-bond donors (Lipinski definition) is 2. The molecule has 1 saturated carbocycles. The number of allylic oxidation sites excluding steroid dienone is 2. The molecule has 0 atom stereocenters. The van der Waals surface area contributed by atoms with Gasteiger partial charge in [-0.15, -0.1) is 13.2 Å². The Morgan fingerprint density at radius 1 is 1.00 bits per heavy atom. The molecule has 1 fully saturated rings. The van der Waals surface area contributed by atoms with Crippen LogP contribution in [0.25, 0.3) is 0 Å². The van der Waals surface area contributed by atoms with Crippen LogP contribution in [0.1, 0.15) is 38.5 Å². The van der Waals surface area contributed by atoms with E-state index in [9.17, 15) is 19.8 Å². The maximum absolute atomic E-state index is 11.6. The van der Waals surface area contributed by atoms with Gasteiger partial charge in [-0.2, -0.15) is 0 Å². The lowest BCUT2D eigenvalue weighted by Crippen LogP contribution is -2.55. The van der Waals surface area contributed by atoms with Gasteiger partial charge in [-0.1, -0.05) is 25.0 Å². The van der Waals surface area contributed by atoms with Crippen LogP contribution >= 0.6 is 0 Å². The molecule has 0 aromatic heterocycles. The molecule has 100 valence electrons. The highest BCUT2D eigenvalue weighted by Gasteiger charge is 2.61. The first kappa shape index (κ1) is 14.5. The highest BCUT2D eigenvalue weighted by atomic mass is 16.4. The first-order valence-corrected chi connectivity index (χ1v) is 6.15. The number of rotatable bonds is 6. The quantitative estimate of drug-likeness (QED) is 0.563. The smallest absolute Gasteiger partial charge is 0.321 e. The monoisotopic (exact) mass is 252 g/mol. The van der Waals surface area contributed by atoms with Crippen molar-refractivity contribution in [2.45, 2.75) is 38.5 Å². The Bertz CT molecular complexity index is 346. The third-order valence-electron chi connectivity index (χ3n) is 4.16. The van der Waals surface area contributed by atoms with E-state index in [0.717, 1.165) is 6.42 Å². The van der Waals surface area contributed by atoms with Gasteiger partial charge < -0.3 is 10.2 Å². The van der Waals surface area contributed by atoms with Crippen LogP contribution in [0.5, 0.6) is 0 Å². The van der Waals surface area contributed by atoms with Gasteiger partial charge in [0, 0.05) is 5.41 Å². The van der Waals surface area contributed by atoms with Gasteiger partial charge in [0.05, 0.1) is 0 Å². The molecule has 1 aliphatic carbocycles. The van der Waals surface area contributed by atoms with E-state index in [4.69, 9.17) is 0 Å².